The predicted molar refractivity (Wildman–Crippen MR) is 141 cm³/mol. The molecule has 218 valence electrons. The topological polar surface area (TPSA) is 134 Å². The van der Waals surface area contributed by atoms with Gasteiger partial charge in [-0.1, -0.05) is 60.7 Å². The van der Waals surface area contributed by atoms with E-state index in [4.69, 9.17) is 10.5 Å². The fourth-order valence-corrected chi connectivity index (χ4v) is 4.61. The molecule has 3 amide bonds. The number of nitrogens with one attached hydrogen (secondary N) is 2. The number of rotatable bonds is 12. The number of carbonyl (C=O) groups is 3. The molecule has 1 aliphatic heterocycles. The third-order valence-electron chi connectivity index (χ3n) is 6.69. The van der Waals surface area contributed by atoms with Gasteiger partial charge in [-0.25, -0.2) is 4.79 Å². The van der Waals surface area contributed by atoms with Crippen molar-refractivity contribution in [3.05, 3.63) is 71.8 Å². The van der Waals surface area contributed by atoms with Crippen molar-refractivity contribution in [3.8, 4) is 0 Å². The summed E-state index contributed by atoms with van der Waals surface area (Å²) < 4.78 is 44.9. The smallest absolute Gasteiger partial charge is 0.416 e. The first-order chi connectivity index (χ1) is 19.1. The van der Waals surface area contributed by atoms with Crippen LogP contribution in [0.3, 0.4) is 0 Å². The fraction of sp³-hybridized carbons (Fsp3) is 0.464. The van der Waals surface area contributed by atoms with Gasteiger partial charge in [0, 0.05) is 13.0 Å². The van der Waals surface area contributed by atoms with Crippen LogP contribution < -0.4 is 16.4 Å². The number of aliphatic hydroxyl groups excluding tert-OH is 1. The molecule has 0 bridgehead atoms. The van der Waals surface area contributed by atoms with E-state index in [1.165, 1.54) is 4.90 Å². The Morgan fingerprint density at radius 3 is 2.25 bits per heavy atom. The van der Waals surface area contributed by atoms with E-state index >= 15 is 0 Å². The summed E-state index contributed by atoms with van der Waals surface area (Å²) in [6.45, 7) is 0.246. The second kappa shape index (κ2) is 14.7. The van der Waals surface area contributed by atoms with Crippen LogP contribution in [0.15, 0.2) is 60.7 Å². The molecule has 5 N–H and O–H groups in total. The Labute approximate surface area is 230 Å². The predicted octanol–water partition coefficient (Wildman–Crippen LogP) is 2.66. The largest absolute Gasteiger partial charge is 0.445 e. The molecule has 0 aromatic heterocycles. The third-order valence-corrected chi connectivity index (χ3v) is 6.69. The molecule has 12 heteroatoms. The van der Waals surface area contributed by atoms with Gasteiger partial charge in [-0.15, -0.1) is 0 Å². The number of alkyl halides is 3. The van der Waals surface area contributed by atoms with Gasteiger partial charge in [0.25, 0.3) is 0 Å². The highest BCUT2D eigenvalue weighted by molar-refractivity contribution is 5.92. The van der Waals surface area contributed by atoms with Gasteiger partial charge in [-0.3, -0.25) is 9.59 Å². The molecule has 0 aliphatic carbocycles. The van der Waals surface area contributed by atoms with E-state index in [1.54, 1.807) is 54.6 Å². The SMILES string of the molecule is NCCCC(NC(=O)[C@@H]1CCCN1C(=O)[C@@H](Cc1ccccc1)NC(=O)OCc1ccccc1)C(O)C(F)(F)F. The van der Waals surface area contributed by atoms with Crippen molar-refractivity contribution in [1.82, 2.24) is 15.5 Å². The van der Waals surface area contributed by atoms with Crippen LogP contribution in [0.4, 0.5) is 18.0 Å². The summed E-state index contributed by atoms with van der Waals surface area (Å²) in [6, 6.07) is 14.2. The number of nitrogens with two attached hydrogens (primary N) is 1. The van der Waals surface area contributed by atoms with Crippen LogP contribution in [0.5, 0.6) is 0 Å². The van der Waals surface area contributed by atoms with Crippen LogP contribution in [0, 0.1) is 0 Å². The molecular weight excluding hydrogens is 529 g/mol. The minimum atomic E-state index is -4.94. The first-order valence-corrected chi connectivity index (χ1v) is 13.2. The Kier molecular flexibility index (Phi) is 11.3. The number of likely N-dealkylation sites (tertiary alicyclic amines) is 1. The maximum Gasteiger partial charge on any atom is 0.416 e. The number of alkyl carbamates (subject to hydrolysis) is 1. The van der Waals surface area contributed by atoms with Crippen molar-refractivity contribution in [3.63, 3.8) is 0 Å². The van der Waals surface area contributed by atoms with Crippen molar-refractivity contribution in [2.75, 3.05) is 13.1 Å². The molecule has 2 unspecified atom stereocenters. The van der Waals surface area contributed by atoms with E-state index in [1.807, 2.05) is 6.07 Å². The van der Waals surface area contributed by atoms with Crippen LogP contribution in [0.25, 0.3) is 0 Å². The number of hydrogen-bond donors (Lipinski definition) is 4. The molecule has 1 fully saturated rings. The van der Waals surface area contributed by atoms with Crippen LogP contribution in [0.2, 0.25) is 0 Å². The number of nitrogens with zero attached hydrogens (tertiary/aromatic N) is 1. The van der Waals surface area contributed by atoms with Crippen LogP contribution in [0.1, 0.15) is 36.8 Å². The Hall–Kier alpha value is -3.64. The molecule has 0 radical (unpaired) electrons. The lowest BCUT2D eigenvalue weighted by Crippen LogP contribution is -2.57. The summed E-state index contributed by atoms with van der Waals surface area (Å²) in [5.41, 5.74) is 6.92. The number of hydrogen-bond acceptors (Lipinski definition) is 6. The van der Waals surface area contributed by atoms with E-state index in [2.05, 4.69) is 10.6 Å². The Balaban J connectivity index is 1.73. The summed E-state index contributed by atoms with van der Waals surface area (Å²) in [6.07, 6.45) is -7.81. The second-order valence-electron chi connectivity index (χ2n) is 9.67. The van der Waals surface area contributed by atoms with Crippen LogP contribution >= 0.6 is 0 Å². The first-order valence-electron chi connectivity index (χ1n) is 13.2. The maximum absolute atomic E-state index is 13.7. The van der Waals surface area contributed by atoms with E-state index in [0.717, 1.165) is 11.1 Å². The van der Waals surface area contributed by atoms with Gasteiger partial charge in [0.05, 0.1) is 6.04 Å². The molecule has 2 aromatic rings. The summed E-state index contributed by atoms with van der Waals surface area (Å²) in [4.78, 5) is 40.7. The lowest BCUT2D eigenvalue weighted by atomic mass is 10.0. The zero-order valence-corrected chi connectivity index (χ0v) is 22.0. The normalized spacial score (nSPS) is 17.5. The quantitative estimate of drug-likeness (QED) is 0.313. The minimum absolute atomic E-state index is 0.0145. The van der Waals surface area contributed by atoms with Crippen molar-refractivity contribution in [2.45, 2.75) is 69.1 Å². The highest BCUT2D eigenvalue weighted by Crippen LogP contribution is 2.26. The molecule has 1 saturated heterocycles. The number of aliphatic hydroxyl groups is 1. The molecule has 2 aromatic carbocycles. The lowest BCUT2D eigenvalue weighted by molar-refractivity contribution is -0.212. The van der Waals surface area contributed by atoms with E-state index in [-0.39, 0.29) is 45.4 Å². The number of ether oxygens (including phenoxy) is 1. The highest BCUT2D eigenvalue weighted by Gasteiger charge is 2.45. The Morgan fingerprint density at radius 1 is 1.02 bits per heavy atom. The summed E-state index contributed by atoms with van der Waals surface area (Å²) in [5.74, 6) is -1.37. The lowest BCUT2D eigenvalue weighted by Gasteiger charge is -2.31. The van der Waals surface area contributed by atoms with Gasteiger partial charge in [0.1, 0.15) is 18.7 Å². The van der Waals surface area contributed by atoms with Gasteiger partial charge in [0.2, 0.25) is 11.8 Å². The molecule has 4 atom stereocenters. The van der Waals surface area contributed by atoms with Crippen LogP contribution in [-0.2, 0) is 27.4 Å². The minimum Gasteiger partial charge on any atom is -0.445 e. The molecule has 1 aliphatic rings. The molecule has 40 heavy (non-hydrogen) atoms. The van der Waals surface area contributed by atoms with Gasteiger partial charge in [-0.05, 0) is 43.4 Å². The van der Waals surface area contributed by atoms with E-state index in [9.17, 15) is 32.7 Å². The highest BCUT2D eigenvalue weighted by atomic mass is 19.4. The second-order valence-corrected chi connectivity index (χ2v) is 9.67. The molecule has 0 saturated carbocycles. The maximum atomic E-state index is 13.7. The molecule has 0 spiro atoms. The molecule has 9 nitrogen and oxygen atoms in total. The van der Waals surface area contributed by atoms with Gasteiger partial charge in [0.15, 0.2) is 6.10 Å². The fourth-order valence-electron chi connectivity index (χ4n) is 4.61. The monoisotopic (exact) mass is 564 g/mol. The van der Waals surface area contributed by atoms with Crippen molar-refractivity contribution in [2.24, 2.45) is 5.73 Å². The molecule has 3 rings (SSSR count). The Bertz CT molecular complexity index is 1100. The zero-order chi connectivity index (χ0) is 29.1. The average molecular weight is 565 g/mol. The van der Waals surface area contributed by atoms with E-state index < -0.39 is 48.3 Å². The first kappa shape index (κ1) is 30.9. The van der Waals surface area contributed by atoms with Crippen molar-refractivity contribution < 1.29 is 37.4 Å². The standard InChI is InChI=1S/C28H35F3N4O5/c29-28(30,31)24(36)21(13-7-15-32)33-25(37)23-14-8-16-35(23)26(38)22(17-19-9-3-1-4-10-19)34-27(39)40-18-20-11-5-2-6-12-20/h1-6,9-12,21-24,36H,7-8,13-18,32H2,(H,33,37)(H,34,39)/t21?,22-,23+,24?/m1/s1. The summed E-state index contributed by atoms with van der Waals surface area (Å²) in [7, 11) is 0. The molecule has 1 heterocycles. The number of carbonyl (C=O) groups excluding carboxylic acids is 3. The zero-order valence-electron chi connectivity index (χ0n) is 22.0. The number of benzene rings is 2. The molecular formula is C28H35F3N4O5. The third kappa shape index (κ3) is 8.95. The average Bonchev–Trinajstić information content (AvgIpc) is 3.44. The number of amides is 3. The summed E-state index contributed by atoms with van der Waals surface area (Å²) >= 11 is 0. The summed E-state index contributed by atoms with van der Waals surface area (Å²) in [5, 5.41) is 14.7. The van der Waals surface area contributed by atoms with Crippen molar-refractivity contribution >= 4 is 17.9 Å². The van der Waals surface area contributed by atoms with Gasteiger partial charge in [-0.2, -0.15) is 13.2 Å². The van der Waals surface area contributed by atoms with Gasteiger partial charge < -0.3 is 31.1 Å². The van der Waals surface area contributed by atoms with E-state index in [0.29, 0.717) is 6.42 Å². The van der Waals surface area contributed by atoms with Gasteiger partial charge >= 0.3 is 12.3 Å². The number of halogens is 3. The van der Waals surface area contributed by atoms with Crippen LogP contribution in [-0.4, -0.2) is 71.4 Å². The Morgan fingerprint density at radius 2 is 1.65 bits per heavy atom. The van der Waals surface area contributed by atoms with Crippen molar-refractivity contribution in [1.29, 1.82) is 0 Å².